The number of hydrogen-bond acceptors (Lipinski definition) is 3. The van der Waals surface area contributed by atoms with Crippen LogP contribution < -0.4 is 5.32 Å². The lowest BCUT2D eigenvalue weighted by molar-refractivity contribution is -0.0928. The molecule has 3 fully saturated rings. The molecule has 1 spiro atoms. The first-order valence-electron chi connectivity index (χ1n) is 9.05. The Morgan fingerprint density at radius 2 is 2.09 bits per heavy atom. The molecule has 1 saturated carbocycles. The van der Waals surface area contributed by atoms with Gasteiger partial charge in [-0.15, -0.1) is 0 Å². The highest BCUT2D eigenvalue weighted by molar-refractivity contribution is 5.74. The standard InChI is InChI=1S/C17H31N3O2/c1-3-19-9-6-15(12-14(19)2)18-16(21)20-10-11-22-17(13-20)7-4-5-8-17/h14-15H,3-13H2,1-2H3,(H,18,21)/t14-,15-/m1/s1. The predicted molar refractivity (Wildman–Crippen MR) is 87.0 cm³/mol. The molecule has 5 nitrogen and oxygen atoms in total. The van der Waals surface area contributed by atoms with Gasteiger partial charge < -0.3 is 19.9 Å². The van der Waals surface area contributed by atoms with Crippen molar-refractivity contribution < 1.29 is 9.53 Å². The van der Waals surface area contributed by atoms with Crippen LogP contribution in [0.2, 0.25) is 0 Å². The number of likely N-dealkylation sites (tertiary alicyclic amines) is 1. The van der Waals surface area contributed by atoms with Crippen molar-refractivity contribution in [2.75, 3.05) is 32.8 Å². The summed E-state index contributed by atoms with van der Waals surface area (Å²) in [5.41, 5.74) is -0.0333. The second kappa shape index (κ2) is 6.75. The molecule has 0 bridgehead atoms. The molecule has 0 aromatic rings. The molecular weight excluding hydrogens is 278 g/mol. The molecule has 3 rings (SSSR count). The van der Waals surface area contributed by atoms with Gasteiger partial charge in [-0.3, -0.25) is 0 Å². The average Bonchev–Trinajstić information content (AvgIpc) is 2.95. The second-order valence-electron chi connectivity index (χ2n) is 7.31. The molecule has 22 heavy (non-hydrogen) atoms. The van der Waals surface area contributed by atoms with Crippen LogP contribution in [0.15, 0.2) is 0 Å². The maximum atomic E-state index is 12.6. The molecule has 0 aromatic heterocycles. The number of piperidine rings is 1. The predicted octanol–water partition coefficient (Wildman–Crippen LogP) is 2.21. The first kappa shape index (κ1) is 16.1. The largest absolute Gasteiger partial charge is 0.371 e. The lowest BCUT2D eigenvalue weighted by atomic mass is 9.98. The van der Waals surface area contributed by atoms with Gasteiger partial charge in [-0.25, -0.2) is 4.79 Å². The van der Waals surface area contributed by atoms with Gasteiger partial charge in [-0.05, 0) is 39.2 Å². The van der Waals surface area contributed by atoms with E-state index in [1.165, 1.54) is 12.8 Å². The number of carbonyl (C=O) groups is 1. The Morgan fingerprint density at radius 1 is 1.32 bits per heavy atom. The number of hydrogen-bond donors (Lipinski definition) is 1. The van der Waals surface area contributed by atoms with E-state index in [0.29, 0.717) is 18.7 Å². The molecule has 0 aromatic carbocycles. The van der Waals surface area contributed by atoms with E-state index in [1.807, 2.05) is 4.90 Å². The Labute approximate surface area is 134 Å². The summed E-state index contributed by atoms with van der Waals surface area (Å²) in [6, 6.07) is 1.01. The average molecular weight is 309 g/mol. The Hall–Kier alpha value is -0.810. The lowest BCUT2D eigenvalue weighted by Gasteiger charge is -2.42. The highest BCUT2D eigenvalue weighted by atomic mass is 16.5. The Bertz CT molecular complexity index is 395. The second-order valence-corrected chi connectivity index (χ2v) is 7.31. The van der Waals surface area contributed by atoms with Crippen LogP contribution in [0.3, 0.4) is 0 Å². The fraction of sp³-hybridized carbons (Fsp3) is 0.941. The number of nitrogens with one attached hydrogen (secondary N) is 1. The van der Waals surface area contributed by atoms with Crippen molar-refractivity contribution in [3.05, 3.63) is 0 Å². The number of rotatable bonds is 2. The van der Waals surface area contributed by atoms with Crippen molar-refractivity contribution in [2.45, 2.75) is 70.1 Å². The van der Waals surface area contributed by atoms with E-state index in [1.54, 1.807) is 0 Å². The summed E-state index contributed by atoms with van der Waals surface area (Å²) in [5.74, 6) is 0. The van der Waals surface area contributed by atoms with Crippen LogP contribution in [0.5, 0.6) is 0 Å². The van der Waals surface area contributed by atoms with Gasteiger partial charge in [0.1, 0.15) is 0 Å². The Kier molecular flexibility index (Phi) is 4.93. The van der Waals surface area contributed by atoms with Crippen molar-refractivity contribution in [1.82, 2.24) is 15.1 Å². The van der Waals surface area contributed by atoms with Gasteiger partial charge in [-0.2, -0.15) is 0 Å². The number of carbonyl (C=O) groups excluding carboxylic acids is 1. The van der Waals surface area contributed by atoms with Gasteiger partial charge in [0.05, 0.1) is 18.8 Å². The zero-order valence-corrected chi connectivity index (χ0v) is 14.1. The quantitative estimate of drug-likeness (QED) is 0.850. The number of amides is 2. The summed E-state index contributed by atoms with van der Waals surface area (Å²) in [5, 5.41) is 3.27. The van der Waals surface area contributed by atoms with Crippen LogP contribution in [0, 0.1) is 0 Å². The lowest BCUT2D eigenvalue weighted by Crippen LogP contribution is -2.57. The molecule has 1 N–H and O–H groups in total. The zero-order chi connectivity index (χ0) is 15.6. The monoisotopic (exact) mass is 309 g/mol. The molecule has 0 unspecified atom stereocenters. The van der Waals surface area contributed by atoms with Gasteiger partial charge in [0.2, 0.25) is 0 Å². The minimum atomic E-state index is -0.0333. The van der Waals surface area contributed by atoms with Gasteiger partial charge in [0.15, 0.2) is 0 Å². The molecule has 2 saturated heterocycles. The molecule has 2 heterocycles. The van der Waals surface area contributed by atoms with Crippen LogP contribution in [0.1, 0.15) is 52.4 Å². The van der Waals surface area contributed by atoms with Crippen molar-refractivity contribution in [2.24, 2.45) is 0 Å². The number of morpholine rings is 1. The smallest absolute Gasteiger partial charge is 0.317 e. The highest BCUT2D eigenvalue weighted by Gasteiger charge is 2.41. The van der Waals surface area contributed by atoms with Crippen LogP contribution in [-0.4, -0.2) is 66.3 Å². The zero-order valence-electron chi connectivity index (χ0n) is 14.1. The van der Waals surface area contributed by atoms with Gasteiger partial charge in [-0.1, -0.05) is 19.8 Å². The van der Waals surface area contributed by atoms with Crippen LogP contribution >= 0.6 is 0 Å². The third-order valence-corrected chi connectivity index (χ3v) is 5.80. The van der Waals surface area contributed by atoms with Crippen molar-refractivity contribution >= 4 is 6.03 Å². The third-order valence-electron chi connectivity index (χ3n) is 5.80. The fourth-order valence-corrected chi connectivity index (χ4v) is 4.43. The van der Waals surface area contributed by atoms with Crippen molar-refractivity contribution in [3.63, 3.8) is 0 Å². The minimum Gasteiger partial charge on any atom is -0.371 e. The van der Waals surface area contributed by atoms with Crippen LogP contribution in [0.4, 0.5) is 4.79 Å². The first-order chi connectivity index (χ1) is 10.6. The summed E-state index contributed by atoms with van der Waals surface area (Å²) in [6.45, 7) is 8.88. The van der Waals surface area contributed by atoms with E-state index in [2.05, 4.69) is 24.1 Å². The van der Waals surface area contributed by atoms with E-state index >= 15 is 0 Å². The summed E-state index contributed by atoms with van der Waals surface area (Å²) < 4.78 is 6.01. The number of ether oxygens (including phenoxy) is 1. The van der Waals surface area contributed by atoms with E-state index in [0.717, 1.165) is 51.9 Å². The van der Waals surface area contributed by atoms with Crippen molar-refractivity contribution in [3.8, 4) is 0 Å². The highest BCUT2D eigenvalue weighted by Crippen LogP contribution is 2.35. The fourth-order valence-electron chi connectivity index (χ4n) is 4.43. The first-order valence-corrected chi connectivity index (χ1v) is 9.05. The summed E-state index contributed by atoms with van der Waals surface area (Å²) in [4.78, 5) is 17.1. The minimum absolute atomic E-state index is 0.0333. The van der Waals surface area contributed by atoms with Crippen LogP contribution in [0.25, 0.3) is 0 Å². The van der Waals surface area contributed by atoms with Gasteiger partial charge in [0, 0.05) is 25.2 Å². The van der Waals surface area contributed by atoms with E-state index in [9.17, 15) is 4.79 Å². The Morgan fingerprint density at radius 3 is 2.77 bits per heavy atom. The molecule has 2 atom stereocenters. The van der Waals surface area contributed by atoms with Crippen molar-refractivity contribution in [1.29, 1.82) is 0 Å². The van der Waals surface area contributed by atoms with E-state index in [-0.39, 0.29) is 11.6 Å². The maximum Gasteiger partial charge on any atom is 0.317 e. The Balaban J connectivity index is 1.51. The SMILES string of the molecule is CCN1CC[C@@H](NC(=O)N2CCOC3(CCCC3)C2)C[C@H]1C. The van der Waals surface area contributed by atoms with E-state index < -0.39 is 0 Å². The molecule has 3 aliphatic rings. The van der Waals surface area contributed by atoms with Crippen LogP contribution in [-0.2, 0) is 4.74 Å². The van der Waals surface area contributed by atoms with E-state index in [4.69, 9.17) is 4.74 Å². The molecular formula is C17H31N3O2. The van der Waals surface area contributed by atoms with Gasteiger partial charge in [0.25, 0.3) is 0 Å². The van der Waals surface area contributed by atoms with Gasteiger partial charge >= 0.3 is 6.03 Å². The third kappa shape index (κ3) is 3.40. The summed E-state index contributed by atoms with van der Waals surface area (Å²) in [6.07, 6.45) is 6.84. The molecule has 0 radical (unpaired) electrons. The summed E-state index contributed by atoms with van der Waals surface area (Å²) >= 11 is 0. The molecule has 5 heteroatoms. The topological polar surface area (TPSA) is 44.8 Å². The number of urea groups is 1. The molecule has 126 valence electrons. The summed E-state index contributed by atoms with van der Waals surface area (Å²) in [7, 11) is 0. The molecule has 1 aliphatic carbocycles. The number of nitrogens with zero attached hydrogens (tertiary/aromatic N) is 2. The molecule has 2 aliphatic heterocycles. The normalized spacial score (nSPS) is 32.4. The maximum absolute atomic E-state index is 12.6. The molecule has 2 amide bonds.